The highest BCUT2D eigenvalue weighted by atomic mass is 16.4. The van der Waals surface area contributed by atoms with Crippen LogP contribution in [0.25, 0.3) is 0 Å². The number of carboxylic acids is 1. The van der Waals surface area contributed by atoms with Crippen molar-refractivity contribution in [3.05, 3.63) is 0 Å². The van der Waals surface area contributed by atoms with E-state index in [1.165, 1.54) is 0 Å². The van der Waals surface area contributed by atoms with Crippen molar-refractivity contribution >= 4 is 11.9 Å². The fraction of sp³-hybridized carbons (Fsp3) is 0.857. The number of rotatable bonds is 13. The second-order valence-electron chi connectivity index (χ2n) is 5.40. The fourth-order valence-corrected chi connectivity index (χ4v) is 2.46. The molecule has 0 fully saturated rings. The van der Waals surface area contributed by atoms with Crippen molar-refractivity contribution in [1.82, 2.24) is 5.32 Å². The summed E-state index contributed by atoms with van der Waals surface area (Å²) in [5.41, 5.74) is 16.4. The Morgan fingerprint density at radius 2 is 1.29 bits per heavy atom. The van der Waals surface area contributed by atoms with Crippen molar-refractivity contribution in [2.45, 2.75) is 56.9 Å². The number of carboxylic acid groups (broad SMARTS) is 1. The molecule has 0 rings (SSSR count). The van der Waals surface area contributed by atoms with E-state index in [1.807, 2.05) is 0 Å². The van der Waals surface area contributed by atoms with Gasteiger partial charge in [-0.1, -0.05) is 0 Å². The first-order valence-corrected chi connectivity index (χ1v) is 7.62. The van der Waals surface area contributed by atoms with Crippen LogP contribution < -0.4 is 22.5 Å². The van der Waals surface area contributed by atoms with Crippen LogP contribution in [-0.4, -0.2) is 42.2 Å². The Balaban J connectivity index is 4.75. The van der Waals surface area contributed by atoms with Gasteiger partial charge in [0.15, 0.2) is 0 Å². The second-order valence-corrected chi connectivity index (χ2v) is 5.40. The van der Waals surface area contributed by atoms with E-state index in [-0.39, 0.29) is 24.3 Å². The molecule has 0 atom stereocenters. The highest BCUT2D eigenvalue weighted by Gasteiger charge is 2.30. The lowest BCUT2D eigenvalue weighted by Crippen LogP contribution is -2.49. The molecule has 0 saturated heterocycles. The van der Waals surface area contributed by atoms with Crippen LogP contribution in [0.3, 0.4) is 0 Å². The van der Waals surface area contributed by atoms with Crippen LogP contribution in [0, 0.1) is 0 Å². The summed E-state index contributed by atoms with van der Waals surface area (Å²) in [5, 5.41) is 11.7. The van der Waals surface area contributed by atoms with Crippen LogP contribution in [0.1, 0.15) is 51.4 Å². The zero-order valence-corrected chi connectivity index (χ0v) is 12.8. The molecular weight excluding hydrogens is 272 g/mol. The van der Waals surface area contributed by atoms with Crippen LogP contribution in [0.5, 0.6) is 0 Å². The van der Waals surface area contributed by atoms with Gasteiger partial charge in [-0.3, -0.25) is 9.59 Å². The van der Waals surface area contributed by atoms with E-state index in [9.17, 15) is 9.59 Å². The molecule has 124 valence electrons. The summed E-state index contributed by atoms with van der Waals surface area (Å²) in [5.74, 6) is -1.20. The molecule has 0 aliphatic rings. The number of carbonyl (C=O) groups is 2. The highest BCUT2D eigenvalue weighted by molar-refractivity contribution is 5.81. The van der Waals surface area contributed by atoms with Gasteiger partial charge in [0.25, 0.3) is 0 Å². The minimum Gasteiger partial charge on any atom is -0.481 e. The Labute approximate surface area is 126 Å². The minimum absolute atomic E-state index is 0.00897. The monoisotopic (exact) mass is 302 g/mol. The van der Waals surface area contributed by atoms with Gasteiger partial charge in [-0.05, 0) is 58.2 Å². The Morgan fingerprint density at radius 1 is 0.857 bits per heavy atom. The quantitative estimate of drug-likeness (QED) is 0.322. The second kappa shape index (κ2) is 11.5. The zero-order chi connectivity index (χ0) is 16.1. The van der Waals surface area contributed by atoms with E-state index < -0.39 is 5.97 Å². The molecule has 8 N–H and O–H groups in total. The molecule has 0 aliphatic heterocycles. The molecule has 7 heteroatoms. The molecule has 0 aromatic rings. The number of aliphatic carboxylic acids is 1. The Kier molecular flexibility index (Phi) is 10.8. The Hall–Kier alpha value is -1.18. The summed E-state index contributed by atoms with van der Waals surface area (Å²) in [6, 6.07) is 0. The lowest BCUT2D eigenvalue weighted by Gasteiger charge is -2.35. The number of hydrogen-bond donors (Lipinski definition) is 5. The van der Waals surface area contributed by atoms with E-state index in [0.29, 0.717) is 19.6 Å². The zero-order valence-electron chi connectivity index (χ0n) is 12.8. The lowest BCUT2D eigenvalue weighted by atomic mass is 9.83. The molecule has 7 nitrogen and oxygen atoms in total. The van der Waals surface area contributed by atoms with Gasteiger partial charge in [-0.15, -0.1) is 0 Å². The summed E-state index contributed by atoms with van der Waals surface area (Å²) in [6.45, 7) is 1.66. The third-order valence-corrected chi connectivity index (χ3v) is 3.55. The van der Waals surface area contributed by atoms with Crippen molar-refractivity contribution in [3.8, 4) is 0 Å². The van der Waals surface area contributed by atoms with Gasteiger partial charge < -0.3 is 27.6 Å². The van der Waals surface area contributed by atoms with Gasteiger partial charge in [0.05, 0.1) is 6.42 Å². The van der Waals surface area contributed by atoms with Gasteiger partial charge in [-0.2, -0.15) is 0 Å². The summed E-state index contributed by atoms with van der Waals surface area (Å²) in [4.78, 5) is 22.5. The third-order valence-electron chi connectivity index (χ3n) is 3.55. The molecule has 0 heterocycles. The maximum atomic E-state index is 12.0. The Bertz CT molecular complexity index is 289. The molecular formula is C14H30N4O3. The smallest absolute Gasteiger partial charge is 0.303 e. The Morgan fingerprint density at radius 3 is 1.62 bits per heavy atom. The van der Waals surface area contributed by atoms with Crippen LogP contribution in [-0.2, 0) is 9.59 Å². The van der Waals surface area contributed by atoms with Gasteiger partial charge in [-0.25, -0.2) is 0 Å². The standard InChI is InChI=1S/C14H30N4O3/c15-9-1-6-14(7-2-10-16,8-3-11-17)18-12(19)4-5-13(20)21/h1-11,15-17H2,(H,18,19)(H,20,21). The van der Waals surface area contributed by atoms with Crippen LogP contribution >= 0.6 is 0 Å². The first-order valence-electron chi connectivity index (χ1n) is 7.62. The van der Waals surface area contributed by atoms with E-state index in [1.54, 1.807) is 0 Å². The minimum atomic E-state index is -0.971. The normalized spacial score (nSPS) is 11.4. The van der Waals surface area contributed by atoms with E-state index in [2.05, 4.69) is 5.32 Å². The van der Waals surface area contributed by atoms with Crippen molar-refractivity contribution in [2.75, 3.05) is 19.6 Å². The molecule has 0 unspecified atom stereocenters. The number of amides is 1. The fourth-order valence-electron chi connectivity index (χ4n) is 2.46. The first kappa shape index (κ1) is 19.8. The predicted molar refractivity (Wildman–Crippen MR) is 82.6 cm³/mol. The average molecular weight is 302 g/mol. The summed E-state index contributed by atoms with van der Waals surface area (Å²) >= 11 is 0. The maximum Gasteiger partial charge on any atom is 0.303 e. The van der Waals surface area contributed by atoms with E-state index >= 15 is 0 Å². The molecule has 0 aromatic heterocycles. The van der Waals surface area contributed by atoms with Crippen LogP contribution in [0.15, 0.2) is 0 Å². The van der Waals surface area contributed by atoms with E-state index in [0.717, 1.165) is 38.5 Å². The van der Waals surface area contributed by atoms with Crippen molar-refractivity contribution in [1.29, 1.82) is 0 Å². The summed E-state index contributed by atoms with van der Waals surface area (Å²) in [6.07, 6.45) is 4.53. The van der Waals surface area contributed by atoms with E-state index in [4.69, 9.17) is 22.3 Å². The number of nitrogens with two attached hydrogens (primary N) is 3. The third kappa shape index (κ3) is 9.38. The lowest BCUT2D eigenvalue weighted by molar-refractivity contribution is -0.139. The summed E-state index contributed by atoms with van der Waals surface area (Å²) in [7, 11) is 0. The topological polar surface area (TPSA) is 144 Å². The summed E-state index contributed by atoms with van der Waals surface area (Å²) < 4.78 is 0. The maximum absolute atomic E-state index is 12.0. The highest BCUT2D eigenvalue weighted by Crippen LogP contribution is 2.25. The van der Waals surface area contributed by atoms with Gasteiger partial charge in [0, 0.05) is 12.0 Å². The van der Waals surface area contributed by atoms with Gasteiger partial charge in [0.1, 0.15) is 0 Å². The van der Waals surface area contributed by atoms with Crippen molar-refractivity contribution in [2.24, 2.45) is 17.2 Å². The van der Waals surface area contributed by atoms with Crippen molar-refractivity contribution in [3.63, 3.8) is 0 Å². The SMILES string of the molecule is NCCCC(CCCN)(CCCN)NC(=O)CCC(=O)O. The average Bonchev–Trinajstić information content (AvgIpc) is 2.46. The molecule has 0 aliphatic carbocycles. The first-order chi connectivity index (χ1) is 9.99. The van der Waals surface area contributed by atoms with Gasteiger partial charge >= 0.3 is 5.97 Å². The molecule has 1 amide bonds. The van der Waals surface area contributed by atoms with Crippen molar-refractivity contribution < 1.29 is 14.7 Å². The molecule has 0 aromatic carbocycles. The largest absolute Gasteiger partial charge is 0.481 e. The molecule has 0 radical (unpaired) electrons. The molecule has 0 bridgehead atoms. The number of hydrogen-bond acceptors (Lipinski definition) is 5. The van der Waals surface area contributed by atoms with Gasteiger partial charge in [0.2, 0.25) is 5.91 Å². The predicted octanol–water partition coefficient (Wildman–Crippen LogP) is -0.0771. The number of carbonyl (C=O) groups excluding carboxylic acids is 1. The molecule has 0 saturated carbocycles. The number of nitrogens with one attached hydrogen (secondary N) is 1. The molecule has 0 spiro atoms. The van der Waals surface area contributed by atoms with Crippen LogP contribution in [0.4, 0.5) is 0 Å². The van der Waals surface area contributed by atoms with Crippen LogP contribution in [0.2, 0.25) is 0 Å². The molecule has 21 heavy (non-hydrogen) atoms.